The molecule has 4 rings (SSSR count). The molecule has 0 radical (unpaired) electrons. The van der Waals surface area contributed by atoms with Gasteiger partial charge >= 0.3 is 0 Å². The van der Waals surface area contributed by atoms with Gasteiger partial charge in [-0.3, -0.25) is 14.5 Å². The maximum Gasteiger partial charge on any atom is 0.268 e. The summed E-state index contributed by atoms with van der Waals surface area (Å²) in [6, 6.07) is 9.93. The highest BCUT2D eigenvalue weighted by molar-refractivity contribution is 7.22. The minimum Gasteiger partial charge on any atom is -0.497 e. The van der Waals surface area contributed by atoms with Gasteiger partial charge in [0.2, 0.25) is 5.91 Å². The van der Waals surface area contributed by atoms with Crippen molar-refractivity contribution in [2.24, 2.45) is 5.92 Å². The zero-order valence-electron chi connectivity index (χ0n) is 18.1. The van der Waals surface area contributed by atoms with E-state index in [1.165, 1.54) is 11.3 Å². The molecule has 1 saturated heterocycles. The molecule has 1 amide bonds. The van der Waals surface area contributed by atoms with Gasteiger partial charge in [-0.05, 0) is 75.7 Å². The summed E-state index contributed by atoms with van der Waals surface area (Å²) in [4.78, 5) is 35.8. The van der Waals surface area contributed by atoms with Gasteiger partial charge < -0.3 is 15.0 Å². The highest BCUT2D eigenvalue weighted by Crippen LogP contribution is 2.32. The molecule has 2 aromatic heterocycles. The summed E-state index contributed by atoms with van der Waals surface area (Å²) in [6.45, 7) is 6.18. The van der Waals surface area contributed by atoms with Crippen LogP contribution in [0.4, 0.5) is 0 Å². The first kappa shape index (κ1) is 21.5. The second-order valence-electron chi connectivity index (χ2n) is 8.28. The molecule has 8 heteroatoms. The Bertz CT molecular complexity index is 1110. The number of likely N-dealkylation sites (tertiary alicyclic amines) is 1. The van der Waals surface area contributed by atoms with E-state index < -0.39 is 0 Å². The molecule has 3 aromatic rings. The van der Waals surface area contributed by atoms with Gasteiger partial charge in [0, 0.05) is 16.8 Å². The number of hydrogen-bond acceptors (Lipinski definition) is 6. The van der Waals surface area contributed by atoms with E-state index in [4.69, 9.17) is 9.72 Å². The normalized spacial score (nSPS) is 15.5. The first-order valence-corrected chi connectivity index (χ1v) is 11.4. The lowest BCUT2D eigenvalue weighted by Gasteiger charge is -2.31. The van der Waals surface area contributed by atoms with E-state index in [-0.39, 0.29) is 23.4 Å². The predicted octanol–water partition coefficient (Wildman–Crippen LogP) is 3.40. The molecule has 31 heavy (non-hydrogen) atoms. The first-order chi connectivity index (χ1) is 14.9. The van der Waals surface area contributed by atoms with E-state index in [1.807, 2.05) is 44.2 Å². The monoisotopic (exact) mass is 440 g/mol. The topological polar surface area (TPSA) is 87.3 Å². The molecule has 0 bridgehead atoms. The van der Waals surface area contributed by atoms with Crippen LogP contribution in [-0.2, 0) is 11.3 Å². The average Bonchev–Trinajstić information content (AvgIpc) is 3.18. The standard InChI is InChI=1S/C23H28N4O3S/c1-14(2)24-22(28)16-8-10-27(11-9-16)13-20-25-18-12-19(31-21(18)23(29)26-20)15-4-6-17(30-3)7-5-15/h4-7,12,14,16H,8-11,13H2,1-3H3,(H,24,28)(H,25,26,29). The van der Waals surface area contributed by atoms with E-state index in [2.05, 4.69) is 15.2 Å². The number of methoxy groups -OCH3 is 1. The van der Waals surface area contributed by atoms with Gasteiger partial charge in [-0.1, -0.05) is 0 Å². The Kier molecular flexibility index (Phi) is 6.38. The molecule has 0 aliphatic carbocycles. The van der Waals surface area contributed by atoms with E-state index in [9.17, 15) is 9.59 Å². The van der Waals surface area contributed by atoms with Gasteiger partial charge in [0.1, 0.15) is 16.3 Å². The van der Waals surface area contributed by atoms with Crippen LogP contribution in [0.2, 0.25) is 0 Å². The number of aromatic amines is 1. The number of carbonyl (C=O) groups is 1. The van der Waals surface area contributed by atoms with Gasteiger partial charge in [-0.25, -0.2) is 4.98 Å². The van der Waals surface area contributed by atoms with Crippen molar-refractivity contribution < 1.29 is 9.53 Å². The number of carbonyl (C=O) groups excluding carboxylic acids is 1. The minimum absolute atomic E-state index is 0.0667. The molecule has 2 N–H and O–H groups in total. The van der Waals surface area contributed by atoms with Crippen molar-refractivity contribution >= 4 is 27.5 Å². The Labute approximate surface area is 185 Å². The number of piperidine rings is 1. The molecule has 164 valence electrons. The molecule has 0 saturated carbocycles. The number of rotatable bonds is 6. The fraction of sp³-hybridized carbons (Fsp3) is 0.435. The molecular formula is C23H28N4O3S. The fourth-order valence-electron chi connectivity index (χ4n) is 3.93. The zero-order chi connectivity index (χ0) is 22.0. The van der Waals surface area contributed by atoms with Crippen molar-refractivity contribution in [3.8, 4) is 16.2 Å². The number of amides is 1. The third kappa shape index (κ3) is 4.97. The lowest BCUT2D eigenvalue weighted by Crippen LogP contribution is -2.42. The Hall–Kier alpha value is -2.71. The number of fused-ring (bicyclic) bond motifs is 1. The van der Waals surface area contributed by atoms with Crippen LogP contribution in [0.25, 0.3) is 20.7 Å². The minimum atomic E-state index is -0.101. The smallest absolute Gasteiger partial charge is 0.268 e. The van der Waals surface area contributed by atoms with Gasteiger partial charge in [0.15, 0.2) is 0 Å². The number of H-pyrrole nitrogens is 1. The number of ether oxygens (including phenoxy) is 1. The number of nitrogens with zero attached hydrogens (tertiary/aromatic N) is 2. The highest BCUT2D eigenvalue weighted by atomic mass is 32.1. The van der Waals surface area contributed by atoms with Crippen LogP contribution in [0.5, 0.6) is 5.75 Å². The summed E-state index contributed by atoms with van der Waals surface area (Å²) in [5.74, 6) is 1.68. The van der Waals surface area contributed by atoms with Crippen LogP contribution in [-0.4, -0.2) is 47.0 Å². The van der Waals surface area contributed by atoms with Gasteiger partial charge in [-0.2, -0.15) is 0 Å². The molecule has 1 aliphatic rings. The second kappa shape index (κ2) is 9.20. The average molecular weight is 441 g/mol. The molecule has 0 atom stereocenters. The zero-order valence-corrected chi connectivity index (χ0v) is 18.9. The third-order valence-corrected chi connectivity index (χ3v) is 6.74. The lowest BCUT2D eigenvalue weighted by molar-refractivity contribution is -0.127. The van der Waals surface area contributed by atoms with Crippen LogP contribution in [0.1, 0.15) is 32.5 Å². The second-order valence-corrected chi connectivity index (χ2v) is 9.33. The van der Waals surface area contributed by atoms with Crippen LogP contribution in [0, 0.1) is 5.92 Å². The Morgan fingerprint density at radius 2 is 2.00 bits per heavy atom. The number of aromatic nitrogens is 2. The van der Waals surface area contributed by atoms with E-state index in [0.717, 1.165) is 47.6 Å². The van der Waals surface area contributed by atoms with Crippen LogP contribution in [0.3, 0.4) is 0 Å². The Morgan fingerprint density at radius 3 is 2.65 bits per heavy atom. The predicted molar refractivity (Wildman–Crippen MR) is 124 cm³/mol. The summed E-state index contributed by atoms with van der Waals surface area (Å²) < 4.78 is 5.85. The van der Waals surface area contributed by atoms with E-state index in [0.29, 0.717) is 17.1 Å². The molecule has 0 unspecified atom stereocenters. The van der Waals surface area contributed by atoms with Gasteiger partial charge in [-0.15, -0.1) is 11.3 Å². The summed E-state index contributed by atoms with van der Waals surface area (Å²) in [6.07, 6.45) is 1.65. The van der Waals surface area contributed by atoms with Crippen LogP contribution >= 0.6 is 11.3 Å². The SMILES string of the molecule is COc1ccc(-c2cc3nc(CN4CCC(C(=O)NC(C)C)CC4)[nH]c(=O)c3s2)cc1. The fourth-order valence-corrected chi connectivity index (χ4v) is 4.93. The van der Waals surface area contributed by atoms with Crippen LogP contribution < -0.4 is 15.6 Å². The molecule has 7 nitrogen and oxygen atoms in total. The molecule has 1 aliphatic heterocycles. The number of benzene rings is 1. The van der Waals surface area contributed by atoms with Gasteiger partial charge in [0.05, 0.1) is 19.2 Å². The molecule has 3 heterocycles. The maximum absolute atomic E-state index is 12.7. The lowest BCUT2D eigenvalue weighted by atomic mass is 9.95. The van der Waals surface area contributed by atoms with Crippen LogP contribution in [0.15, 0.2) is 35.1 Å². The summed E-state index contributed by atoms with van der Waals surface area (Å²) in [5.41, 5.74) is 1.66. The molecule has 1 fully saturated rings. The largest absolute Gasteiger partial charge is 0.497 e. The summed E-state index contributed by atoms with van der Waals surface area (Å²) >= 11 is 1.45. The Morgan fingerprint density at radius 1 is 1.29 bits per heavy atom. The molecule has 0 spiro atoms. The third-order valence-electron chi connectivity index (χ3n) is 5.57. The number of hydrogen-bond donors (Lipinski definition) is 2. The van der Waals surface area contributed by atoms with E-state index in [1.54, 1.807) is 7.11 Å². The quantitative estimate of drug-likeness (QED) is 0.613. The van der Waals surface area contributed by atoms with Crippen molar-refractivity contribution in [2.75, 3.05) is 20.2 Å². The summed E-state index contributed by atoms with van der Waals surface area (Å²) in [7, 11) is 1.64. The van der Waals surface area contributed by atoms with Crippen molar-refractivity contribution in [1.29, 1.82) is 0 Å². The molecular weight excluding hydrogens is 412 g/mol. The van der Waals surface area contributed by atoms with Crippen molar-refractivity contribution in [3.05, 3.63) is 46.5 Å². The van der Waals surface area contributed by atoms with E-state index >= 15 is 0 Å². The number of nitrogens with one attached hydrogen (secondary N) is 2. The highest BCUT2D eigenvalue weighted by Gasteiger charge is 2.25. The van der Waals surface area contributed by atoms with Crippen molar-refractivity contribution in [2.45, 2.75) is 39.3 Å². The summed E-state index contributed by atoms with van der Waals surface area (Å²) in [5, 5.41) is 3.00. The van der Waals surface area contributed by atoms with Crippen molar-refractivity contribution in [1.82, 2.24) is 20.2 Å². The number of thiophene rings is 1. The van der Waals surface area contributed by atoms with Gasteiger partial charge in [0.25, 0.3) is 5.56 Å². The Balaban J connectivity index is 1.45. The maximum atomic E-state index is 12.7. The molecule has 1 aromatic carbocycles. The first-order valence-electron chi connectivity index (χ1n) is 10.6. The van der Waals surface area contributed by atoms with Crippen molar-refractivity contribution in [3.63, 3.8) is 0 Å².